The summed E-state index contributed by atoms with van der Waals surface area (Å²) >= 11 is 11.9. The molecule has 1 heterocycles. The molecule has 0 radical (unpaired) electrons. The second-order valence-corrected chi connectivity index (χ2v) is 4.40. The summed E-state index contributed by atoms with van der Waals surface area (Å²) in [5, 5.41) is 1.12. The van der Waals surface area contributed by atoms with Gasteiger partial charge in [0.2, 0.25) is 0 Å². The van der Waals surface area contributed by atoms with Crippen molar-refractivity contribution in [3.8, 4) is 0 Å². The topological polar surface area (TPSA) is 38.9 Å². The van der Waals surface area contributed by atoms with Gasteiger partial charge >= 0.3 is 0 Å². The SMILES string of the molecule is Cc1c(Cl)cnc(C(C)(C)N)c1Cl. The highest BCUT2D eigenvalue weighted by Gasteiger charge is 2.21. The molecule has 1 aromatic rings. The van der Waals surface area contributed by atoms with Crippen molar-refractivity contribution in [3.63, 3.8) is 0 Å². The molecule has 13 heavy (non-hydrogen) atoms. The number of halogens is 2. The first-order valence-corrected chi connectivity index (χ1v) is 4.69. The average molecular weight is 219 g/mol. The zero-order chi connectivity index (χ0) is 10.2. The van der Waals surface area contributed by atoms with Crippen molar-refractivity contribution in [1.29, 1.82) is 0 Å². The van der Waals surface area contributed by atoms with Crippen LogP contribution in [0.15, 0.2) is 6.20 Å². The maximum atomic E-state index is 6.06. The van der Waals surface area contributed by atoms with Gasteiger partial charge in [0, 0.05) is 6.20 Å². The largest absolute Gasteiger partial charge is 0.321 e. The summed E-state index contributed by atoms with van der Waals surface area (Å²) in [6.07, 6.45) is 1.58. The van der Waals surface area contributed by atoms with Crippen LogP contribution >= 0.6 is 23.2 Å². The van der Waals surface area contributed by atoms with Gasteiger partial charge in [0.05, 0.1) is 21.3 Å². The van der Waals surface area contributed by atoms with E-state index in [4.69, 9.17) is 28.9 Å². The molecule has 0 aliphatic rings. The molecule has 0 fully saturated rings. The Morgan fingerprint density at radius 3 is 2.38 bits per heavy atom. The van der Waals surface area contributed by atoms with E-state index in [9.17, 15) is 0 Å². The van der Waals surface area contributed by atoms with Gasteiger partial charge in [-0.2, -0.15) is 0 Å². The summed E-state index contributed by atoms with van der Waals surface area (Å²) in [5.41, 5.74) is 6.85. The number of aromatic nitrogens is 1. The summed E-state index contributed by atoms with van der Waals surface area (Å²) in [6, 6.07) is 0. The molecule has 72 valence electrons. The molecule has 0 saturated carbocycles. The number of nitrogens with two attached hydrogens (primary N) is 1. The molecule has 0 unspecified atom stereocenters. The number of rotatable bonds is 1. The van der Waals surface area contributed by atoms with E-state index in [0.29, 0.717) is 15.7 Å². The minimum atomic E-state index is -0.535. The number of pyridine rings is 1. The minimum absolute atomic E-state index is 0.535. The molecule has 0 atom stereocenters. The third-order valence-corrected chi connectivity index (χ3v) is 2.66. The third-order valence-electron chi connectivity index (χ3n) is 1.81. The Balaban J connectivity index is 3.35. The molecule has 1 aromatic heterocycles. The fraction of sp³-hybridized carbons (Fsp3) is 0.444. The third kappa shape index (κ3) is 2.13. The Morgan fingerprint density at radius 1 is 1.38 bits per heavy atom. The molecule has 0 amide bonds. The van der Waals surface area contributed by atoms with E-state index in [0.717, 1.165) is 5.56 Å². The van der Waals surface area contributed by atoms with Gasteiger partial charge in [-0.3, -0.25) is 4.98 Å². The van der Waals surface area contributed by atoms with Crippen molar-refractivity contribution in [3.05, 3.63) is 27.5 Å². The molecule has 0 aliphatic carbocycles. The Hall–Kier alpha value is -0.310. The van der Waals surface area contributed by atoms with Crippen molar-refractivity contribution >= 4 is 23.2 Å². The van der Waals surface area contributed by atoms with Crippen LogP contribution in [0.3, 0.4) is 0 Å². The lowest BCUT2D eigenvalue weighted by atomic mass is 10.0. The molecule has 0 spiro atoms. The molecule has 4 heteroatoms. The first-order valence-electron chi connectivity index (χ1n) is 3.94. The number of nitrogens with zero attached hydrogens (tertiary/aromatic N) is 1. The first-order chi connectivity index (χ1) is 5.84. The van der Waals surface area contributed by atoms with Gasteiger partial charge in [-0.1, -0.05) is 23.2 Å². The molecular formula is C9H12Cl2N2. The van der Waals surface area contributed by atoms with Crippen molar-refractivity contribution in [2.45, 2.75) is 26.3 Å². The van der Waals surface area contributed by atoms with Crippen molar-refractivity contribution in [1.82, 2.24) is 4.98 Å². The van der Waals surface area contributed by atoms with E-state index in [1.807, 2.05) is 20.8 Å². The van der Waals surface area contributed by atoms with Crippen LogP contribution in [0.5, 0.6) is 0 Å². The highest BCUT2D eigenvalue weighted by molar-refractivity contribution is 6.36. The van der Waals surface area contributed by atoms with E-state index in [1.165, 1.54) is 0 Å². The molecule has 0 aromatic carbocycles. The van der Waals surface area contributed by atoms with Gasteiger partial charge in [0.15, 0.2) is 0 Å². The highest BCUT2D eigenvalue weighted by atomic mass is 35.5. The maximum absolute atomic E-state index is 6.06. The zero-order valence-electron chi connectivity index (χ0n) is 7.86. The Kier molecular flexibility index (Phi) is 2.85. The predicted octanol–water partition coefficient (Wildman–Crippen LogP) is 2.89. The Bertz CT molecular complexity index is 329. The van der Waals surface area contributed by atoms with Crippen molar-refractivity contribution in [2.75, 3.05) is 0 Å². The van der Waals surface area contributed by atoms with Gasteiger partial charge in [-0.15, -0.1) is 0 Å². The molecule has 1 rings (SSSR count). The van der Waals surface area contributed by atoms with Crippen LogP contribution in [0, 0.1) is 6.92 Å². The first kappa shape index (κ1) is 10.8. The van der Waals surface area contributed by atoms with E-state index in [-0.39, 0.29) is 0 Å². The fourth-order valence-electron chi connectivity index (χ4n) is 1.01. The summed E-state index contributed by atoms with van der Waals surface area (Å²) < 4.78 is 0. The molecule has 0 bridgehead atoms. The standard InChI is InChI=1S/C9H12Cl2N2/c1-5-6(10)4-13-8(7(5)11)9(2,3)12/h4H,12H2,1-3H3. The number of hydrogen-bond acceptors (Lipinski definition) is 2. The quantitative estimate of drug-likeness (QED) is 0.788. The Labute approximate surface area is 88.1 Å². The highest BCUT2D eigenvalue weighted by Crippen LogP contribution is 2.30. The van der Waals surface area contributed by atoms with Crippen LogP contribution in [0.4, 0.5) is 0 Å². The normalized spacial score (nSPS) is 11.8. The van der Waals surface area contributed by atoms with Crippen LogP contribution < -0.4 is 5.73 Å². The lowest BCUT2D eigenvalue weighted by Gasteiger charge is -2.20. The maximum Gasteiger partial charge on any atom is 0.0786 e. The summed E-state index contributed by atoms with van der Waals surface area (Å²) in [5.74, 6) is 0. The second kappa shape index (κ2) is 3.45. The lowest BCUT2D eigenvalue weighted by molar-refractivity contribution is 0.535. The van der Waals surface area contributed by atoms with E-state index >= 15 is 0 Å². The molecular weight excluding hydrogens is 207 g/mol. The van der Waals surface area contributed by atoms with Crippen LogP contribution in [0.25, 0.3) is 0 Å². The zero-order valence-corrected chi connectivity index (χ0v) is 9.37. The molecule has 2 nitrogen and oxygen atoms in total. The van der Waals surface area contributed by atoms with Gasteiger partial charge in [0.25, 0.3) is 0 Å². The van der Waals surface area contributed by atoms with Gasteiger partial charge in [0.1, 0.15) is 0 Å². The summed E-state index contributed by atoms with van der Waals surface area (Å²) in [4.78, 5) is 4.12. The van der Waals surface area contributed by atoms with Crippen LogP contribution in [-0.2, 0) is 5.54 Å². The van der Waals surface area contributed by atoms with Gasteiger partial charge in [-0.25, -0.2) is 0 Å². The van der Waals surface area contributed by atoms with Gasteiger partial charge < -0.3 is 5.73 Å². The average Bonchev–Trinajstić information content (AvgIpc) is 1.98. The second-order valence-electron chi connectivity index (χ2n) is 3.62. The fourth-order valence-corrected chi connectivity index (χ4v) is 1.59. The van der Waals surface area contributed by atoms with E-state index < -0.39 is 5.54 Å². The molecule has 0 saturated heterocycles. The summed E-state index contributed by atoms with van der Waals surface area (Å²) in [6.45, 7) is 5.56. The van der Waals surface area contributed by atoms with Crippen LogP contribution in [0.2, 0.25) is 10.0 Å². The minimum Gasteiger partial charge on any atom is -0.321 e. The predicted molar refractivity (Wildman–Crippen MR) is 56.2 cm³/mol. The van der Waals surface area contributed by atoms with E-state index in [1.54, 1.807) is 6.20 Å². The van der Waals surface area contributed by atoms with Gasteiger partial charge in [-0.05, 0) is 26.3 Å². The molecule has 2 N–H and O–H groups in total. The Morgan fingerprint density at radius 2 is 1.92 bits per heavy atom. The van der Waals surface area contributed by atoms with Crippen LogP contribution in [0.1, 0.15) is 25.1 Å². The molecule has 0 aliphatic heterocycles. The lowest BCUT2D eigenvalue weighted by Crippen LogP contribution is -2.30. The van der Waals surface area contributed by atoms with E-state index in [2.05, 4.69) is 4.98 Å². The summed E-state index contributed by atoms with van der Waals surface area (Å²) in [7, 11) is 0. The monoisotopic (exact) mass is 218 g/mol. The van der Waals surface area contributed by atoms with Crippen LogP contribution in [-0.4, -0.2) is 4.98 Å². The number of hydrogen-bond donors (Lipinski definition) is 1. The van der Waals surface area contributed by atoms with Crippen molar-refractivity contribution in [2.24, 2.45) is 5.73 Å². The smallest absolute Gasteiger partial charge is 0.0786 e. The van der Waals surface area contributed by atoms with Crippen molar-refractivity contribution < 1.29 is 0 Å².